The van der Waals surface area contributed by atoms with E-state index in [0.717, 1.165) is 11.3 Å². The highest BCUT2D eigenvalue weighted by Gasteiger charge is 2.13. The largest absolute Gasteiger partial charge is 0.497 e. The van der Waals surface area contributed by atoms with Gasteiger partial charge >= 0.3 is 11.6 Å². The van der Waals surface area contributed by atoms with E-state index in [4.69, 9.17) is 13.9 Å². The van der Waals surface area contributed by atoms with Crippen LogP contribution in [0.5, 0.6) is 11.5 Å². The van der Waals surface area contributed by atoms with Gasteiger partial charge < -0.3 is 19.2 Å². The van der Waals surface area contributed by atoms with Gasteiger partial charge in [0.05, 0.1) is 7.11 Å². The zero-order chi connectivity index (χ0) is 20.8. The minimum atomic E-state index is -0.758. The second-order valence-corrected chi connectivity index (χ2v) is 6.03. The van der Waals surface area contributed by atoms with Crippen molar-refractivity contribution in [2.75, 3.05) is 13.7 Å². The van der Waals surface area contributed by atoms with Gasteiger partial charge in [-0.1, -0.05) is 12.1 Å². The summed E-state index contributed by atoms with van der Waals surface area (Å²) in [5, 5.41) is 3.10. The van der Waals surface area contributed by atoms with Crippen molar-refractivity contribution in [1.82, 2.24) is 5.32 Å². The van der Waals surface area contributed by atoms with E-state index in [2.05, 4.69) is 5.32 Å². The zero-order valence-electron chi connectivity index (χ0n) is 15.9. The van der Waals surface area contributed by atoms with Gasteiger partial charge in [-0.3, -0.25) is 4.79 Å². The Morgan fingerprint density at radius 1 is 1.07 bits per heavy atom. The zero-order valence-corrected chi connectivity index (χ0v) is 15.9. The van der Waals surface area contributed by atoms with Crippen LogP contribution in [0.1, 0.15) is 22.8 Å². The maximum atomic E-state index is 12.0. The van der Waals surface area contributed by atoms with Crippen LogP contribution >= 0.6 is 0 Å². The number of hydrogen-bond donors (Lipinski definition) is 1. The lowest BCUT2D eigenvalue weighted by Crippen LogP contribution is -2.27. The van der Waals surface area contributed by atoms with Gasteiger partial charge in [-0.15, -0.1) is 0 Å². The number of fused-ring (bicyclic) bond motifs is 1. The van der Waals surface area contributed by atoms with Crippen LogP contribution in [0.15, 0.2) is 63.8 Å². The molecular weight excluding hydrogens is 374 g/mol. The third-order valence-corrected chi connectivity index (χ3v) is 4.04. The molecule has 0 bridgehead atoms. The number of hydrogen-bond acceptors (Lipinski definition) is 6. The van der Waals surface area contributed by atoms with Crippen molar-refractivity contribution in [1.29, 1.82) is 0 Å². The number of esters is 1. The average molecular weight is 393 g/mol. The van der Waals surface area contributed by atoms with Crippen molar-refractivity contribution >= 4 is 28.9 Å². The van der Waals surface area contributed by atoms with Gasteiger partial charge in [0.25, 0.3) is 5.91 Å². The van der Waals surface area contributed by atoms with Gasteiger partial charge in [0.15, 0.2) is 0 Å². The molecule has 3 aromatic rings. The summed E-state index contributed by atoms with van der Waals surface area (Å²) in [6.45, 7) is 2.15. The van der Waals surface area contributed by atoms with Crippen LogP contribution in [-0.2, 0) is 4.79 Å². The molecule has 0 spiro atoms. The second kappa shape index (κ2) is 8.88. The molecule has 1 heterocycles. The Morgan fingerprint density at radius 2 is 1.79 bits per heavy atom. The molecule has 0 aliphatic rings. The Bertz CT molecular complexity index is 1130. The summed E-state index contributed by atoms with van der Waals surface area (Å²) in [5.41, 5.74) is 0.190. The first-order valence-corrected chi connectivity index (χ1v) is 8.90. The smallest absolute Gasteiger partial charge is 0.349 e. The lowest BCUT2D eigenvalue weighted by Gasteiger charge is -2.05. The van der Waals surface area contributed by atoms with Crippen LogP contribution in [0.4, 0.5) is 0 Å². The molecule has 1 N–H and O–H groups in total. The topological polar surface area (TPSA) is 94.8 Å². The number of ether oxygens (including phenoxy) is 2. The van der Waals surface area contributed by atoms with E-state index in [1.165, 1.54) is 18.2 Å². The van der Waals surface area contributed by atoms with Crippen molar-refractivity contribution in [3.8, 4) is 11.5 Å². The summed E-state index contributed by atoms with van der Waals surface area (Å²) in [7, 11) is 1.58. The number of methoxy groups -OCH3 is 1. The Hall–Kier alpha value is -3.87. The molecule has 29 heavy (non-hydrogen) atoms. The predicted octanol–water partition coefficient (Wildman–Crippen LogP) is 3.17. The summed E-state index contributed by atoms with van der Waals surface area (Å²) >= 11 is 0. The molecule has 1 amide bonds. The first-order chi connectivity index (χ1) is 14.0. The molecule has 1 aromatic heterocycles. The normalized spacial score (nSPS) is 10.8. The average Bonchev–Trinajstić information content (AvgIpc) is 2.72. The summed E-state index contributed by atoms with van der Waals surface area (Å²) in [6.07, 6.45) is 2.90. The SMILES string of the molecule is CCNC(=O)c1cc2ccc(OC(=O)/C=C/c3ccc(OC)cc3)cc2oc1=O. The lowest BCUT2D eigenvalue weighted by molar-refractivity contribution is -0.128. The Balaban J connectivity index is 1.75. The molecule has 0 aliphatic heterocycles. The van der Waals surface area contributed by atoms with Gasteiger partial charge in [0.1, 0.15) is 22.6 Å². The minimum absolute atomic E-state index is 0.0773. The Labute approximate surface area is 166 Å². The number of rotatable bonds is 6. The fourth-order valence-electron chi connectivity index (χ4n) is 2.60. The monoisotopic (exact) mass is 393 g/mol. The van der Waals surface area contributed by atoms with Crippen LogP contribution in [0.2, 0.25) is 0 Å². The third-order valence-electron chi connectivity index (χ3n) is 4.04. The quantitative estimate of drug-likeness (QED) is 0.299. The van der Waals surface area contributed by atoms with Crippen molar-refractivity contribution in [2.24, 2.45) is 0 Å². The molecule has 0 saturated heterocycles. The lowest BCUT2D eigenvalue weighted by atomic mass is 10.1. The molecule has 0 unspecified atom stereocenters. The molecule has 0 radical (unpaired) electrons. The maximum absolute atomic E-state index is 12.0. The Kier molecular flexibility index (Phi) is 6.09. The molecular formula is C22H19NO6. The third kappa shape index (κ3) is 4.90. The minimum Gasteiger partial charge on any atom is -0.497 e. The number of carbonyl (C=O) groups is 2. The molecule has 7 heteroatoms. The van der Waals surface area contributed by atoms with Crippen molar-refractivity contribution < 1.29 is 23.5 Å². The number of amides is 1. The van der Waals surface area contributed by atoms with Gasteiger partial charge in [0, 0.05) is 24.1 Å². The molecule has 2 aromatic carbocycles. The van der Waals surface area contributed by atoms with E-state index in [1.54, 1.807) is 56.5 Å². The molecule has 0 fully saturated rings. The Morgan fingerprint density at radius 3 is 2.48 bits per heavy atom. The summed E-state index contributed by atoms with van der Waals surface area (Å²) in [5.74, 6) is -0.141. The fourth-order valence-corrected chi connectivity index (χ4v) is 2.60. The van der Waals surface area contributed by atoms with Crippen molar-refractivity contribution in [3.63, 3.8) is 0 Å². The van der Waals surface area contributed by atoms with Crippen molar-refractivity contribution in [3.05, 3.63) is 76.2 Å². The van der Waals surface area contributed by atoms with Crippen LogP contribution in [0.25, 0.3) is 17.0 Å². The van der Waals surface area contributed by atoms with E-state index >= 15 is 0 Å². The van der Waals surface area contributed by atoms with Gasteiger partial charge in [-0.2, -0.15) is 0 Å². The van der Waals surface area contributed by atoms with E-state index in [0.29, 0.717) is 11.9 Å². The fraction of sp³-hybridized carbons (Fsp3) is 0.136. The van der Waals surface area contributed by atoms with Crippen LogP contribution in [0, 0.1) is 0 Å². The van der Waals surface area contributed by atoms with Gasteiger partial charge in [0.2, 0.25) is 0 Å². The summed E-state index contributed by atoms with van der Waals surface area (Å²) in [6, 6.07) is 13.2. The van der Waals surface area contributed by atoms with E-state index < -0.39 is 17.5 Å². The van der Waals surface area contributed by atoms with Crippen LogP contribution in [-0.4, -0.2) is 25.5 Å². The van der Waals surface area contributed by atoms with Gasteiger partial charge in [-0.25, -0.2) is 9.59 Å². The number of benzene rings is 2. The molecule has 7 nitrogen and oxygen atoms in total. The molecule has 0 saturated carbocycles. The molecule has 0 atom stereocenters. The summed E-state index contributed by atoms with van der Waals surface area (Å²) < 4.78 is 15.5. The summed E-state index contributed by atoms with van der Waals surface area (Å²) in [4.78, 5) is 36.0. The van der Waals surface area contributed by atoms with E-state index in [-0.39, 0.29) is 16.9 Å². The van der Waals surface area contributed by atoms with E-state index in [1.807, 2.05) is 0 Å². The van der Waals surface area contributed by atoms with Crippen LogP contribution < -0.4 is 20.4 Å². The maximum Gasteiger partial charge on any atom is 0.349 e. The standard InChI is InChI=1S/C22H19NO6/c1-3-23-21(25)18-12-15-7-10-17(13-19(15)29-22(18)26)28-20(24)11-6-14-4-8-16(27-2)9-5-14/h4-13H,3H2,1-2H3,(H,23,25)/b11-6+. The molecule has 148 valence electrons. The van der Waals surface area contributed by atoms with Gasteiger partial charge in [-0.05, 0) is 48.9 Å². The van der Waals surface area contributed by atoms with E-state index in [9.17, 15) is 14.4 Å². The van der Waals surface area contributed by atoms with Crippen molar-refractivity contribution in [2.45, 2.75) is 6.92 Å². The number of carbonyl (C=O) groups excluding carboxylic acids is 2. The predicted molar refractivity (Wildman–Crippen MR) is 108 cm³/mol. The first kappa shape index (κ1) is 19.9. The highest BCUT2D eigenvalue weighted by molar-refractivity contribution is 5.97. The molecule has 0 aliphatic carbocycles. The first-order valence-electron chi connectivity index (χ1n) is 8.90. The number of nitrogens with one attached hydrogen (secondary N) is 1. The highest BCUT2D eigenvalue weighted by atomic mass is 16.5. The second-order valence-electron chi connectivity index (χ2n) is 6.03. The molecule has 3 rings (SSSR count). The highest BCUT2D eigenvalue weighted by Crippen LogP contribution is 2.21. The van der Waals surface area contributed by atoms with Crippen LogP contribution in [0.3, 0.4) is 0 Å².